The first-order chi connectivity index (χ1) is 11.7. The van der Waals surface area contributed by atoms with Crippen molar-refractivity contribution in [3.8, 4) is 0 Å². The Labute approximate surface area is 146 Å². The molecule has 0 radical (unpaired) electrons. The van der Waals surface area contributed by atoms with Crippen LogP contribution in [0.5, 0.6) is 0 Å². The van der Waals surface area contributed by atoms with Crippen LogP contribution in [0.4, 0.5) is 5.69 Å². The number of hydrogen-bond acceptors (Lipinski definition) is 3. The molecule has 1 heterocycles. The third-order valence-electron chi connectivity index (χ3n) is 5.28. The zero-order chi connectivity index (χ0) is 16.9. The van der Waals surface area contributed by atoms with E-state index in [0.717, 1.165) is 25.3 Å². The summed E-state index contributed by atoms with van der Waals surface area (Å²) < 4.78 is 0. The predicted molar refractivity (Wildman–Crippen MR) is 102 cm³/mol. The Morgan fingerprint density at radius 2 is 1.96 bits per heavy atom. The zero-order valence-corrected chi connectivity index (χ0v) is 14.9. The molecule has 3 nitrogen and oxygen atoms in total. The van der Waals surface area contributed by atoms with Gasteiger partial charge in [-0.05, 0) is 43.1 Å². The highest BCUT2D eigenvalue weighted by molar-refractivity contribution is 5.40. The number of nitrogens with two attached hydrogens (primary N) is 1. The summed E-state index contributed by atoms with van der Waals surface area (Å²) in [6.45, 7) is 8.97. The molecule has 24 heavy (non-hydrogen) atoms. The number of likely N-dealkylation sites (tertiary alicyclic amines) is 1. The van der Waals surface area contributed by atoms with Crippen LogP contribution in [0.2, 0.25) is 0 Å². The number of rotatable bonds is 6. The molecule has 2 aromatic rings. The van der Waals surface area contributed by atoms with Crippen LogP contribution in [0.1, 0.15) is 37.4 Å². The lowest BCUT2D eigenvalue weighted by Gasteiger charge is -2.29. The number of benzene rings is 2. The minimum Gasteiger partial charge on any atom is -0.399 e. The highest BCUT2D eigenvalue weighted by Gasteiger charge is 2.30. The summed E-state index contributed by atoms with van der Waals surface area (Å²) in [5.41, 5.74) is 9.51. The summed E-state index contributed by atoms with van der Waals surface area (Å²) >= 11 is 0. The van der Waals surface area contributed by atoms with Crippen molar-refractivity contribution in [3.63, 3.8) is 0 Å². The van der Waals surface area contributed by atoms with Crippen molar-refractivity contribution in [2.45, 2.75) is 38.9 Å². The van der Waals surface area contributed by atoms with Crippen LogP contribution in [0.25, 0.3) is 0 Å². The second-order valence-electron chi connectivity index (χ2n) is 6.83. The van der Waals surface area contributed by atoms with Gasteiger partial charge in [-0.2, -0.15) is 0 Å². The summed E-state index contributed by atoms with van der Waals surface area (Å²) in [5.74, 6) is 0. The molecule has 2 atom stereocenters. The molecule has 3 heteroatoms. The Bertz CT molecular complexity index is 641. The van der Waals surface area contributed by atoms with Crippen molar-refractivity contribution in [2.24, 2.45) is 0 Å². The van der Waals surface area contributed by atoms with Crippen molar-refractivity contribution >= 4 is 5.69 Å². The zero-order valence-electron chi connectivity index (χ0n) is 14.9. The van der Waals surface area contributed by atoms with Gasteiger partial charge in [0.15, 0.2) is 0 Å². The van der Waals surface area contributed by atoms with E-state index in [2.05, 4.69) is 72.2 Å². The fourth-order valence-corrected chi connectivity index (χ4v) is 3.79. The van der Waals surface area contributed by atoms with E-state index in [1.165, 1.54) is 24.1 Å². The Hall–Kier alpha value is -1.84. The highest BCUT2D eigenvalue weighted by Crippen LogP contribution is 2.27. The molecule has 2 N–H and O–H groups in total. The maximum Gasteiger partial charge on any atom is 0.0320 e. The third-order valence-corrected chi connectivity index (χ3v) is 5.28. The van der Waals surface area contributed by atoms with Gasteiger partial charge in [-0.15, -0.1) is 0 Å². The first-order valence-corrected chi connectivity index (χ1v) is 9.05. The second-order valence-corrected chi connectivity index (χ2v) is 6.83. The smallest absolute Gasteiger partial charge is 0.0320 e. The Balaban J connectivity index is 1.63. The van der Waals surface area contributed by atoms with Crippen molar-refractivity contribution in [3.05, 3.63) is 65.7 Å². The molecule has 2 aromatic carbocycles. The standard InChI is InChI=1S/C21H29N3/c1-3-23(15-18-8-7-11-20(22)14-18)21-12-13-24(16-21)17(2)19-9-5-4-6-10-19/h4-11,14,17,21H,3,12-13,15-16,22H2,1-2H3. The third kappa shape index (κ3) is 3.97. The topological polar surface area (TPSA) is 32.5 Å². The van der Waals surface area contributed by atoms with Gasteiger partial charge in [-0.1, -0.05) is 49.4 Å². The van der Waals surface area contributed by atoms with Gasteiger partial charge in [0.05, 0.1) is 0 Å². The number of hydrogen-bond donors (Lipinski definition) is 1. The second kappa shape index (κ2) is 7.82. The molecule has 1 aliphatic rings. The van der Waals surface area contributed by atoms with E-state index in [1.54, 1.807) is 0 Å². The van der Waals surface area contributed by atoms with Crippen molar-refractivity contribution in [1.82, 2.24) is 9.80 Å². The van der Waals surface area contributed by atoms with Gasteiger partial charge >= 0.3 is 0 Å². The summed E-state index contributed by atoms with van der Waals surface area (Å²) in [6.07, 6.45) is 1.24. The maximum atomic E-state index is 5.93. The molecule has 3 rings (SSSR count). The van der Waals surface area contributed by atoms with Crippen molar-refractivity contribution in [2.75, 3.05) is 25.4 Å². The average molecular weight is 323 g/mol. The lowest BCUT2D eigenvalue weighted by Crippen LogP contribution is -2.37. The number of likely N-dealkylation sites (N-methyl/N-ethyl adjacent to an activating group) is 1. The van der Waals surface area contributed by atoms with Gasteiger partial charge in [-0.3, -0.25) is 9.80 Å². The van der Waals surface area contributed by atoms with E-state index in [1.807, 2.05) is 6.07 Å². The first-order valence-electron chi connectivity index (χ1n) is 9.05. The van der Waals surface area contributed by atoms with Crippen molar-refractivity contribution < 1.29 is 0 Å². The van der Waals surface area contributed by atoms with Crippen molar-refractivity contribution in [1.29, 1.82) is 0 Å². The van der Waals surface area contributed by atoms with Crippen LogP contribution in [0, 0.1) is 0 Å². The Morgan fingerprint density at radius 1 is 1.17 bits per heavy atom. The van der Waals surface area contributed by atoms with Crippen LogP contribution in [0.15, 0.2) is 54.6 Å². The van der Waals surface area contributed by atoms with Crippen LogP contribution < -0.4 is 5.73 Å². The molecule has 0 saturated carbocycles. The minimum atomic E-state index is 0.488. The first kappa shape index (κ1) is 17.0. The number of anilines is 1. The molecule has 1 fully saturated rings. The van der Waals surface area contributed by atoms with E-state index >= 15 is 0 Å². The maximum absolute atomic E-state index is 5.93. The van der Waals surface area contributed by atoms with E-state index in [0.29, 0.717) is 12.1 Å². The normalized spacial score (nSPS) is 19.7. The molecule has 0 aliphatic carbocycles. The van der Waals surface area contributed by atoms with Gasteiger partial charge in [0, 0.05) is 37.4 Å². The number of nitrogen functional groups attached to an aromatic ring is 1. The quantitative estimate of drug-likeness (QED) is 0.818. The lowest BCUT2D eigenvalue weighted by molar-refractivity contribution is 0.180. The monoisotopic (exact) mass is 323 g/mol. The molecule has 128 valence electrons. The summed E-state index contributed by atoms with van der Waals surface area (Å²) in [4.78, 5) is 5.20. The van der Waals surface area contributed by atoms with E-state index < -0.39 is 0 Å². The summed E-state index contributed by atoms with van der Waals surface area (Å²) in [5, 5.41) is 0. The highest BCUT2D eigenvalue weighted by atomic mass is 15.3. The van der Waals surface area contributed by atoms with E-state index in [4.69, 9.17) is 5.73 Å². The molecular formula is C21H29N3. The van der Waals surface area contributed by atoms with Gasteiger partial charge in [0.25, 0.3) is 0 Å². The Kier molecular flexibility index (Phi) is 5.54. The van der Waals surface area contributed by atoms with E-state index in [-0.39, 0.29) is 0 Å². The minimum absolute atomic E-state index is 0.488. The molecule has 1 saturated heterocycles. The number of nitrogens with zero attached hydrogens (tertiary/aromatic N) is 2. The lowest BCUT2D eigenvalue weighted by atomic mass is 10.1. The van der Waals surface area contributed by atoms with Gasteiger partial charge in [0.1, 0.15) is 0 Å². The van der Waals surface area contributed by atoms with Crippen LogP contribution >= 0.6 is 0 Å². The summed E-state index contributed by atoms with van der Waals surface area (Å²) in [6, 6.07) is 20.2. The SMILES string of the molecule is CCN(Cc1cccc(N)c1)C1CCN(C(C)c2ccccc2)C1. The fraction of sp³-hybridized carbons (Fsp3) is 0.429. The molecule has 1 aliphatic heterocycles. The Morgan fingerprint density at radius 3 is 2.67 bits per heavy atom. The molecular weight excluding hydrogens is 294 g/mol. The van der Waals surface area contributed by atoms with E-state index in [9.17, 15) is 0 Å². The molecule has 0 spiro atoms. The van der Waals surface area contributed by atoms with Gasteiger partial charge in [0.2, 0.25) is 0 Å². The van der Waals surface area contributed by atoms with Crippen LogP contribution in [-0.4, -0.2) is 35.5 Å². The van der Waals surface area contributed by atoms with Crippen LogP contribution in [0.3, 0.4) is 0 Å². The van der Waals surface area contributed by atoms with Gasteiger partial charge < -0.3 is 5.73 Å². The van der Waals surface area contributed by atoms with Crippen LogP contribution in [-0.2, 0) is 6.54 Å². The van der Waals surface area contributed by atoms with Gasteiger partial charge in [-0.25, -0.2) is 0 Å². The largest absolute Gasteiger partial charge is 0.399 e. The predicted octanol–water partition coefficient (Wildman–Crippen LogP) is 3.93. The fourth-order valence-electron chi connectivity index (χ4n) is 3.79. The average Bonchev–Trinajstić information content (AvgIpc) is 3.10. The summed E-state index contributed by atoms with van der Waals surface area (Å²) in [7, 11) is 0. The molecule has 0 bridgehead atoms. The molecule has 2 unspecified atom stereocenters. The molecule has 0 aromatic heterocycles. The molecule has 0 amide bonds.